The van der Waals surface area contributed by atoms with E-state index in [1.165, 1.54) is 12.1 Å². The summed E-state index contributed by atoms with van der Waals surface area (Å²) in [6.45, 7) is 7.12. The molecule has 0 bridgehead atoms. The third-order valence-electron chi connectivity index (χ3n) is 6.30. The molecule has 4 rings (SSSR count). The minimum Gasteiger partial charge on any atom is -0.476 e. The fourth-order valence-electron chi connectivity index (χ4n) is 4.25. The van der Waals surface area contributed by atoms with E-state index in [0.717, 1.165) is 47.5 Å². The second-order valence-electron chi connectivity index (χ2n) is 9.16. The summed E-state index contributed by atoms with van der Waals surface area (Å²) in [6.07, 6.45) is -5.15. The van der Waals surface area contributed by atoms with Gasteiger partial charge in [-0.25, -0.2) is 0 Å². The molecule has 9 heteroatoms. The molecule has 0 unspecified atom stereocenters. The predicted molar refractivity (Wildman–Crippen MR) is 138 cm³/mol. The number of alkyl halides is 3. The highest BCUT2D eigenvalue weighted by Crippen LogP contribution is 2.33. The van der Waals surface area contributed by atoms with Crippen molar-refractivity contribution >= 4 is 11.6 Å². The van der Waals surface area contributed by atoms with E-state index in [1.54, 1.807) is 19.1 Å². The van der Waals surface area contributed by atoms with Crippen LogP contribution in [0.2, 0.25) is 0 Å². The van der Waals surface area contributed by atoms with Crippen LogP contribution in [0.4, 0.5) is 18.9 Å². The zero-order chi connectivity index (χ0) is 27.3. The lowest BCUT2D eigenvalue weighted by molar-refractivity contribution is -0.137. The highest BCUT2D eigenvalue weighted by molar-refractivity contribution is 6.04. The lowest BCUT2D eigenvalue weighted by Crippen LogP contribution is -2.35. The Labute approximate surface area is 219 Å². The van der Waals surface area contributed by atoms with Gasteiger partial charge in [-0.05, 0) is 73.0 Å². The van der Waals surface area contributed by atoms with Gasteiger partial charge in [-0.1, -0.05) is 18.2 Å². The zero-order valence-electron chi connectivity index (χ0n) is 21.1. The van der Waals surface area contributed by atoms with Crippen molar-refractivity contribution < 1.29 is 27.4 Å². The van der Waals surface area contributed by atoms with Crippen molar-refractivity contribution in [2.75, 3.05) is 31.6 Å². The van der Waals surface area contributed by atoms with Crippen LogP contribution in [0, 0.1) is 18.3 Å². The predicted octanol–water partition coefficient (Wildman–Crippen LogP) is 6.06. The number of rotatable bonds is 7. The van der Waals surface area contributed by atoms with Crippen LogP contribution in [0.5, 0.6) is 5.75 Å². The van der Waals surface area contributed by atoms with Gasteiger partial charge in [0, 0.05) is 36.4 Å². The number of aryl methyl sites for hydroxylation is 1. The van der Waals surface area contributed by atoms with E-state index in [4.69, 9.17) is 9.47 Å². The van der Waals surface area contributed by atoms with Gasteiger partial charge in [0.2, 0.25) is 0 Å². The van der Waals surface area contributed by atoms with Crippen molar-refractivity contribution in [2.24, 2.45) is 0 Å². The number of halogens is 3. The molecule has 1 saturated heterocycles. The van der Waals surface area contributed by atoms with Crippen LogP contribution in [-0.2, 0) is 17.5 Å². The van der Waals surface area contributed by atoms with Gasteiger partial charge in [0.15, 0.2) is 6.10 Å². The first-order valence-electron chi connectivity index (χ1n) is 12.2. The van der Waals surface area contributed by atoms with Gasteiger partial charge in [-0.15, -0.1) is 0 Å². The molecule has 0 radical (unpaired) electrons. The van der Waals surface area contributed by atoms with Crippen LogP contribution in [0.1, 0.15) is 34.0 Å². The molecule has 1 heterocycles. The van der Waals surface area contributed by atoms with Crippen molar-refractivity contribution in [1.29, 1.82) is 5.26 Å². The number of ether oxygens (including phenoxy) is 2. The van der Waals surface area contributed by atoms with Crippen LogP contribution >= 0.6 is 0 Å². The van der Waals surface area contributed by atoms with Gasteiger partial charge >= 0.3 is 6.18 Å². The quantitative estimate of drug-likeness (QED) is 0.408. The number of carbonyl (C=O) groups excluding carboxylic acids is 1. The summed E-state index contributed by atoms with van der Waals surface area (Å²) in [5.41, 5.74) is 3.12. The van der Waals surface area contributed by atoms with Crippen molar-refractivity contribution in [1.82, 2.24) is 4.90 Å². The first-order valence-corrected chi connectivity index (χ1v) is 12.2. The summed E-state index contributed by atoms with van der Waals surface area (Å²) in [5, 5.41) is 11.9. The standard InChI is InChI=1S/C29H28F3N3O3/c1-19-6-8-25(34-28(36)22-4-3-5-24(15-22)29(30,31)32)16-26(19)21-7-9-27(38-20(2)17-33)23(14-21)18-35-10-12-37-13-11-35/h3-9,14-16,20H,10-13,18H2,1-2H3,(H,34,36)/t20-/m0/s1. The number of hydrogen-bond acceptors (Lipinski definition) is 5. The monoisotopic (exact) mass is 523 g/mol. The van der Waals surface area contributed by atoms with E-state index in [0.29, 0.717) is 31.2 Å². The maximum absolute atomic E-state index is 13.1. The molecule has 0 aromatic heterocycles. The minimum atomic E-state index is -4.53. The molecule has 1 aliphatic heterocycles. The lowest BCUT2D eigenvalue weighted by atomic mass is 9.97. The zero-order valence-corrected chi connectivity index (χ0v) is 21.1. The van der Waals surface area contributed by atoms with Crippen LogP contribution in [0.3, 0.4) is 0 Å². The molecule has 0 saturated carbocycles. The van der Waals surface area contributed by atoms with Crippen molar-refractivity contribution in [3.8, 4) is 22.9 Å². The number of anilines is 1. The molecule has 6 nitrogen and oxygen atoms in total. The number of benzene rings is 3. The Morgan fingerprint density at radius 2 is 1.89 bits per heavy atom. The summed E-state index contributed by atoms with van der Waals surface area (Å²) in [7, 11) is 0. The number of hydrogen-bond donors (Lipinski definition) is 1. The number of nitrogens with zero attached hydrogens (tertiary/aromatic N) is 2. The van der Waals surface area contributed by atoms with E-state index in [9.17, 15) is 23.2 Å². The van der Waals surface area contributed by atoms with Crippen LogP contribution in [-0.4, -0.2) is 43.2 Å². The van der Waals surface area contributed by atoms with Crippen LogP contribution in [0.15, 0.2) is 60.7 Å². The van der Waals surface area contributed by atoms with Gasteiger partial charge in [0.05, 0.1) is 18.8 Å². The van der Waals surface area contributed by atoms with E-state index < -0.39 is 23.8 Å². The Hall–Kier alpha value is -3.87. The second kappa shape index (κ2) is 11.7. The van der Waals surface area contributed by atoms with E-state index in [2.05, 4.69) is 16.3 Å². The lowest BCUT2D eigenvalue weighted by Gasteiger charge is -2.27. The number of morpholine rings is 1. The maximum Gasteiger partial charge on any atom is 0.416 e. The fourth-order valence-corrected chi connectivity index (χ4v) is 4.25. The third-order valence-corrected chi connectivity index (χ3v) is 6.30. The van der Waals surface area contributed by atoms with Gasteiger partial charge in [-0.2, -0.15) is 18.4 Å². The van der Waals surface area contributed by atoms with Gasteiger partial charge < -0.3 is 14.8 Å². The van der Waals surface area contributed by atoms with Gasteiger partial charge in [0.25, 0.3) is 5.91 Å². The van der Waals surface area contributed by atoms with E-state index in [-0.39, 0.29) is 5.56 Å². The van der Waals surface area contributed by atoms with E-state index >= 15 is 0 Å². The molecule has 38 heavy (non-hydrogen) atoms. The maximum atomic E-state index is 13.1. The van der Waals surface area contributed by atoms with E-state index in [1.807, 2.05) is 31.2 Å². The molecule has 1 fully saturated rings. The summed E-state index contributed by atoms with van der Waals surface area (Å²) in [5.74, 6) is -0.00547. The molecular weight excluding hydrogens is 495 g/mol. The number of nitriles is 1. The smallest absolute Gasteiger partial charge is 0.416 e. The Balaban J connectivity index is 1.62. The highest BCUT2D eigenvalue weighted by atomic mass is 19.4. The summed E-state index contributed by atoms with van der Waals surface area (Å²) in [4.78, 5) is 15.0. The summed E-state index contributed by atoms with van der Waals surface area (Å²) < 4.78 is 50.5. The number of nitrogens with one attached hydrogen (secondary N) is 1. The Morgan fingerprint density at radius 1 is 1.13 bits per heavy atom. The normalized spacial score (nSPS) is 14.9. The average Bonchev–Trinajstić information content (AvgIpc) is 2.91. The summed E-state index contributed by atoms with van der Waals surface area (Å²) >= 11 is 0. The molecule has 0 aliphatic carbocycles. The molecule has 1 aliphatic rings. The van der Waals surface area contributed by atoms with Crippen molar-refractivity contribution in [3.05, 3.63) is 82.9 Å². The van der Waals surface area contributed by atoms with Crippen molar-refractivity contribution in [2.45, 2.75) is 32.7 Å². The third kappa shape index (κ3) is 6.71. The Morgan fingerprint density at radius 3 is 2.61 bits per heavy atom. The number of amides is 1. The van der Waals surface area contributed by atoms with Gasteiger partial charge in [0.1, 0.15) is 11.8 Å². The topological polar surface area (TPSA) is 74.6 Å². The number of carbonyl (C=O) groups is 1. The molecule has 198 valence electrons. The highest BCUT2D eigenvalue weighted by Gasteiger charge is 2.31. The Bertz CT molecular complexity index is 1340. The van der Waals surface area contributed by atoms with Crippen molar-refractivity contribution in [3.63, 3.8) is 0 Å². The second-order valence-corrected chi connectivity index (χ2v) is 9.16. The molecule has 3 aromatic carbocycles. The van der Waals surface area contributed by atoms with Gasteiger partial charge in [-0.3, -0.25) is 9.69 Å². The molecule has 3 aromatic rings. The molecule has 1 atom stereocenters. The average molecular weight is 524 g/mol. The summed E-state index contributed by atoms with van der Waals surface area (Å²) in [6, 6.07) is 17.5. The van der Waals surface area contributed by atoms with Crippen LogP contribution < -0.4 is 10.1 Å². The van der Waals surface area contributed by atoms with Crippen LogP contribution in [0.25, 0.3) is 11.1 Å². The molecule has 0 spiro atoms. The first-order chi connectivity index (χ1) is 18.1. The minimum absolute atomic E-state index is 0.0807. The fraction of sp³-hybridized carbons (Fsp3) is 0.310. The Kier molecular flexibility index (Phi) is 8.35. The largest absolute Gasteiger partial charge is 0.476 e. The molecule has 1 amide bonds. The molecular formula is C29H28F3N3O3. The molecule has 1 N–H and O–H groups in total. The first kappa shape index (κ1) is 27.2. The SMILES string of the molecule is Cc1ccc(NC(=O)c2cccc(C(F)(F)F)c2)cc1-c1ccc(O[C@@H](C)C#N)c(CN2CCOCC2)c1.